The van der Waals surface area contributed by atoms with Gasteiger partial charge in [0.25, 0.3) is 0 Å². The second-order valence-corrected chi connectivity index (χ2v) is 8.16. The number of benzene rings is 1. The lowest BCUT2D eigenvalue weighted by Crippen LogP contribution is -2.34. The van der Waals surface area contributed by atoms with Crippen molar-refractivity contribution in [1.82, 2.24) is 14.5 Å². The van der Waals surface area contributed by atoms with Crippen LogP contribution in [0, 0.1) is 11.6 Å². The van der Waals surface area contributed by atoms with E-state index in [2.05, 4.69) is 9.97 Å². The molecule has 7 nitrogen and oxygen atoms in total. The lowest BCUT2D eigenvalue weighted by Gasteiger charge is -2.27. The largest absolute Gasteiger partial charge is 0.386 e. The Morgan fingerprint density at radius 2 is 1.90 bits per heavy atom. The van der Waals surface area contributed by atoms with E-state index in [0.29, 0.717) is 16.2 Å². The Labute approximate surface area is 175 Å². The van der Waals surface area contributed by atoms with Gasteiger partial charge < -0.3 is 23.9 Å². The molecule has 0 radical (unpaired) electrons. The van der Waals surface area contributed by atoms with E-state index < -0.39 is 48.1 Å². The van der Waals surface area contributed by atoms with Gasteiger partial charge in [0.2, 0.25) is 0 Å². The molecule has 1 N–H and O–H groups in total. The van der Waals surface area contributed by atoms with Crippen molar-refractivity contribution < 1.29 is 28.1 Å². The smallest absolute Gasteiger partial charge is 0.164 e. The van der Waals surface area contributed by atoms with Crippen molar-refractivity contribution in [3.63, 3.8) is 0 Å². The van der Waals surface area contributed by atoms with Gasteiger partial charge in [-0.3, -0.25) is 0 Å². The Kier molecular flexibility index (Phi) is 4.57. The minimum Gasteiger partial charge on any atom is -0.386 e. The summed E-state index contributed by atoms with van der Waals surface area (Å²) in [5.41, 5.74) is 0.712. The summed E-state index contributed by atoms with van der Waals surface area (Å²) in [6.07, 6.45) is -0.982. The van der Waals surface area contributed by atoms with E-state index in [4.69, 9.17) is 25.8 Å². The van der Waals surface area contributed by atoms with E-state index in [-0.39, 0.29) is 5.56 Å². The van der Waals surface area contributed by atoms with Crippen LogP contribution in [0.4, 0.5) is 8.78 Å². The first-order valence-corrected chi connectivity index (χ1v) is 9.74. The van der Waals surface area contributed by atoms with Crippen LogP contribution in [-0.2, 0) is 14.2 Å². The maximum Gasteiger partial charge on any atom is 0.164 e. The Morgan fingerprint density at radius 3 is 2.67 bits per heavy atom. The first-order chi connectivity index (χ1) is 14.2. The SMILES string of the molecule is CC1(C)O[C@@H]2[C@H](O1)[C@@H](C(O)c1ccc(F)c(F)c1)O[C@H]2n1ccc2c(Cl)ncnc21. The quantitative estimate of drug-likeness (QED) is 0.632. The van der Waals surface area contributed by atoms with Gasteiger partial charge in [-0.15, -0.1) is 0 Å². The third-order valence-corrected chi connectivity index (χ3v) is 5.70. The normalized spacial score (nSPS) is 28.7. The van der Waals surface area contributed by atoms with Crippen LogP contribution < -0.4 is 0 Å². The van der Waals surface area contributed by atoms with Crippen molar-refractivity contribution in [3.05, 3.63) is 59.1 Å². The predicted octanol–water partition coefficient (Wildman–Crippen LogP) is 3.51. The number of fused-ring (bicyclic) bond motifs is 2. The van der Waals surface area contributed by atoms with Crippen LogP contribution in [0.3, 0.4) is 0 Å². The minimum atomic E-state index is -1.27. The van der Waals surface area contributed by atoms with Gasteiger partial charge in [-0.25, -0.2) is 18.7 Å². The highest BCUT2D eigenvalue weighted by Gasteiger charge is 2.58. The van der Waals surface area contributed by atoms with E-state index in [0.717, 1.165) is 12.1 Å². The van der Waals surface area contributed by atoms with Crippen molar-refractivity contribution in [2.24, 2.45) is 0 Å². The van der Waals surface area contributed by atoms with Gasteiger partial charge in [-0.05, 0) is 37.6 Å². The summed E-state index contributed by atoms with van der Waals surface area (Å²) >= 11 is 6.15. The zero-order valence-electron chi connectivity index (χ0n) is 16.0. The molecule has 2 fully saturated rings. The summed E-state index contributed by atoms with van der Waals surface area (Å²) < 4.78 is 47.0. The van der Waals surface area contributed by atoms with E-state index in [9.17, 15) is 13.9 Å². The number of hydrogen-bond donors (Lipinski definition) is 1. The molecule has 30 heavy (non-hydrogen) atoms. The third kappa shape index (κ3) is 3.09. The summed E-state index contributed by atoms with van der Waals surface area (Å²) in [5, 5.41) is 11.9. The number of hydrogen-bond acceptors (Lipinski definition) is 6. The Hall–Kier alpha value is -2.17. The monoisotopic (exact) mass is 437 g/mol. The van der Waals surface area contributed by atoms with Gasteiger partial charge in [0.15, 0.2) is 23.6 Å². The lowest BCUT2D eigenvalue weighted by molar-refractivity contribution is -0.207. The Bertz CT molecular complexity index is 1120. The number of aromatic nitrogens is 3. The summed E-state index contributed by atoms with van der Waals surface area (Å²) in [5.74, 6) is -2.96. The van der Waals surface area contributed by atoms with E-state index in [1.807, 2.05) is 0 Å². The molecule has 5 rings (SSSR count). The first-order valence-electron chi connectivity index (χ1n) is 9.36. The van der Waals surface area contributed by atoms with Crippen LogP contribution in [0.1, 0.15) is 31.7 Å². The van der Waals surface area contributed by atoms with Crippen LogP contribution in [0.15, 0.2) is 36.8 Å². The zero-order valence-corrected chi connectivity index (χ0v) is 16.8. The van der Waals surface area contributed by atoms with Gasteiger partial charge in [0.05, 0.1) is 5.39 Å². The highest BCUT2D eigenvalue weighted by atomic mass is 35.5. The molecule has 0 bridgehead atoms. The molecule has 2 aliphatic rings. The highest BCUT2D eigenvalue weighted by Crippen LogP contribution is 2.47. The summed E-state index contributed by atoms with van der Waals surface area (Å²) in [6, 6.07) is 4.99. The molecule has 10 heteroatoms. The molecular formula is C20H18ClF2N3O4. The van der Waals surface area contributed by atoms with Crippen LogP contribution in [0.2, 0.25) is 5.15 Å². The number of aliphatic hydroxyl groups excluding tert-OH is 1. The third-order valence-electron chi connectivity index (χ3n) is 5.40. The van der Waals surface area contributed by atoms with Gasteiger partial charge in [-0.1, -0.05) is 17.7 Å². The number of aliphatic hydroxyl groups is 1. The number of halogens is 3. The predicted molar refractivity (Wildman–Crippen MR) is 102 cm³/mol. The fraction of sp³-hybridized carbons (Fsp3) is 0.400. The molecule has 2 aromatic heterocycles. The molecule has 1 aromatic carbocycles. The molecule has 0 amide bonds. The number of ether oxygens (including phenoxy) is 3. The molecule has 3 aromatic rings. The van der Waals surface area contributed by atoms with Crippen LogP contribution in [0.25, 0.3) is 11.0 Å². The zero-order chi connectivity index (χ0) is 21.2. The van der Waals surface area contributed by atoms with Gasteiger partial charge in [0.1, 0.15) is 41.5 Å². The van der Waals surface area contributed by atoms with Crippen LogP contribution >= 0.6 is 11.6 Å². The highest BCUT2D eigenvalue weighted by molar-refractivity contribution is 6.33. The van der Waals surface area contributed by atoms with Crippen molar-refractivity contribution in [3.8, 4) is 0 Å². The standard InChI is InChI=1S/C20H18ClF2N3O4/c1-20(2)29-15-14(13(27)9-3-4-11(22)12(23)7-9)28-19(16(15)30-20)26-6-5-10-17(21)24-8-25-18(10)26/h3-8,13-16,19,27H,1-2H3/t13?,14-,15-,16-,19-/m1/s1. The topological polar surface area (TPSA) is 78.6 Å². The number of nitrogens with zero attached hydrogens (tertiary/aromatic N) is 3. The molecule has 0 saturated carbocycles. The van der Waals surface area contributed by atoms with Crippen molar-refractivity contribution in [1.29, 1.82) is 0 Å². The van der Waals surface area contributed by atoms with Crippen LogP contribution in [0.5, 0.6) is 0 Å². The van der Waals surface area contributed by atoms with Crippen molar-refractivity contribution >= 4 is 22.6 Å². The second-order valence-electron chi connectivity index (χ2n) is 7.80. The maximum absolute atomic E-state index is 13.7. The van der Waals surface area contributed by atoms with E-state index >= 15 is 0 Å². The molecule has 2 saturated heterocycles. The fourth-order valence-corrected chi connectivity index (χ4v) is 4.31. The molecular weight excluding hydrogens is 420 g/mol. The van der Waals surface area contributed by atoms with Gasteiger partial charge in [-0.2, -0.15) is 0 Å². The first kappa shape index (κ1) is 19.8. The fourth-order valence-electron chi connectivity index (χ4n) is 4.12. The molecule has 1 unspecified atom stereocenters. The van der Waals surface area contributed by atoms with Crippen LogP contribution in [-0.4, -0.2) is 43.7 Å². The molecule has 0 spiro atoms. The Morgan fingerprint density at radius 1 is 1.13 bits per heavy atom. The molecule has 2 aliphatic heterocycles. The van der Waals surface area contributed by atoms with Crippen molar-refractivity contribution in [2.75, 3.05) is 0 Å². The lowest BCUT2D eigenvalue weighted by atomic mass is 9.99. The minimum absolute atomic E-state index is 0.175. The summed E-state index contributed by atoms with van der Waals surface area (Å²) in [7, 11) is 0. The Balaban J connectivity index is 1.54. The average Bonchev–Trinajstić information content (AvgIpc) is 3.34. The maximum atomic E-state index is 13.7. The molecule has 158 valence electrons. The van der Waals surface area contributed by atoms with E-state index in [1.54, 1.807) is 30.7 Å². The number of rotatable bonds is 3. The summed E-state index contributed by atoms with van der Waals surface area (Å²) in [6.45, 7) is 3.52. The molecule has 4 heterocycles. The van der Waals surface area contributed by atoms with Gasteiger partial charge in [0, 0.05) is 6.20 Å². The molecule has 0 aliphatic carbocycles. The van der Waals surface area contributed by atoms with Gasteiger partial charge >= 0.3 is 0 Å². The second kappa shape index (κ2) is 6.93. The average molecular weight is 438 g/mol. The van der Waals surface area contributed by atoms with E-state index in [1.165, 1.54) is 12.4 Å². The van der Waals surface area contributed by atoms with Crippen molar-refractivity contribution in [2.45, 2.75) is 50.3 Å². The molecule has 5 atom stereocenters. The summed E-state index contributed by atoms with van der Waals surface area (Å²) in [4.78, 5) is 8.26.